The van der Waals surface area contributed by atoms with Crippen molar-refractivity contribution in [3.8, 4) is 0 Å². The maximum Gasteiger partial charge on any atom is 0.229 e. The van der Waals surface area contributed by atoms with Gasteiger partial charge in [-0.3, -0.25) is 9.59 Å². The summed E-state index contributed by atoms with van der Waals surface area (Å²) < 4.78 is 0. The van der Waals surface area contributed by atoms with E-state index < -0.39 is 11.6 Å². The van der Waals surface area contributed by atoms with Crippen LogP contribution < -0.4 is 0 Å². The molecule has 14 heavy (non-hydrogen) atoms. The highest BCUT2D eigenvalue weighted by molar-refractivity contribution is 9.09. The summed E-state index contributed by atoms with van der Waals surface area (Å²) in [5.74, 6) is -1.08. The molecule has 0 heterocycles. The monoisotopic (exact) mass is 294 g/mol. The van der Waals surface area contributed by atoms with E-state index in [1.165, 1.54) is 18.2 Å². The fourth-order valence-electron chi connectivity index (χ4n) is 0.859. The van der Waals surface area contributed by atoms with Gasteiger partial charge in [0.2, 0.25) is 11.6 Å². The van der Waals surface area contributed by atoms with Crippen LogP contribution in [0.5, 0.6) is 0 Å². The fraction of sp³-hybridized carbons (Fsp3) is 0.111. The first-order chi connectivity index (χ1) is 6.56. The summed E-state index contributed by atoms with van der Waals surface area (Å²) in [7, 11) is 0. The van der Waals surface area contributed by atoms with E-state index in [1.807, 2.05) is 0 Å². The molecule has 0 aliphatic carbocycles. The third-order valence-corrected chi connectivity index (χ3v) is 2.80. The van der Waals surface area contributed by atoms with E-state index in [0.29, 0.717) is 5.02 Å². The Morgan fingerprint density at radius 2 is 1.86 bits per heavy atom. The molecule has 0 spiro atoms. The molecule has 0 unspecified atom stereocenters. The summed E-state index contributed by atoms with van der Waals surface area (Å²) in [6.07, 6.45) is 0. The Morgan fingerprint density at radius 3 is 2.36 bits per heavy atom. The lowest BCUT2D eigenvalue weighted by atomic mass is 10.1. The maximum atomic E-state index is 11.4. The molecule has 0 amide bonds. The van der Waals surface area contributed by atoms with Gasteiger partial charge in [0.15, 0.2) is 0 Å². The number of rotatable bonds is 3. The third kappa shape index (κ3) is 2.56. The Hall–Kier alpha value is -0.380. The molecular formula is C9H5BrCl2O2. The van der Waals surface area contributed by atoms with Gasteiger partial charge in [0.05, 0.1) is 15.4 Å². The first kappa shape index (κ1) is 11.7. The van der Waals surface area contributed by atoms with Crippen LogP contribution in [-0.4, -0.2) is 16.9 Å². The minimum absolute atomic E-state index is 0.00603. The van der Waals surface area contributed by atoms with Crippen LogP contribution >= 0.6 is 39.1 Å². The molecule has 0 radical (unpaired) electrons. The van der Waals surface area contributed by atoms with Crippen molar-refractivity contribution in [3.05, 3.63) is 33.8 Å². The predicted octanol–water partition coefficient (Wildman–Crippen LogP) is 3.14. The zero-order chi connectivity index (χ0) is 10.7. The van der Waals surface area contributed by atoms with E-state index in [9.17, 15) is 9.59 Å². The number of hydrogen-bond acceptors (Lipinski definition) is 2. The topological polar surface area (TPSA) is 34.1 Å². The van der Waals surface area contributed by atoms with Gasteiger partial charge in [-0.15, -0.1) is 0 Å². The molecule has 1 aromatic rings. The van der Waals surface area contributed by atoms with Crippen molar-refractivity contribution in [2.24, 2.45) is 0 Å². The van der Waals surface area contributed by atoms with Crippen LogP contribution in [0.1, 0.15) is 10.4 Å². The second-order valence-corrected chi connectivity index (χ2v) is 3.89. The lowest BCUT2D eigenvalue weighted by molar-refractivity contribution is -0.112. The third-order valence-electron chi connectivity index (χ3n) is 1.56. The molecule has 0 atom stereocenters. The molecule has 2 nitrogen and oxygen atoms in total. The van der Waals surface area contributed by atoms with Crippen molar-refractivity contribution in [1.29, 1.82) is 0 Å². The molecule has 5 heteroatoms. The first-order valence-electron chi connectivity index (χ1n) is 3.65. The van der Waals surface area contributed by atoms with Crippen LogP contribution in [0.3, 0.4) is 0 Å². The molecule has 0 N–H and O–H groups in total. The zero-order valence-corrected chi connectivity index (χ0v) is 9.99. The van der Waals surface area contributed by atoms with E-state index in [2.05, 4.69) is 15.9 Å². The van der Waals surface area contributed by atoms with Crippen molar-refractivity contribution in [3.63, 3.8) is 0 Å². The van der Waals surface area contributed by atoms with Gasteiger partial charge < -0.3 is 0 Å². The molecule has 0 saturated heterocycles. The van der Waals surface area contributed by atoms with Crippen LogP contribution in [0.4, 0.5) is 0 Å². The minimum Gasteiger partial charge on any atom is -0.290 e. The molecule has 0 aromatic heterocycles. The van der Waals surface area contributed by atoms with E-state index in [0.717, 1.165) is 0 Å². The summed E-state index contributed by atoms with van der Waals surface area (Å²) in [6.45, 7) is 0. The summed E-state index contributed by atoms with van der Waals surface area (Å²) >= 11 is 14.3. The van der Waals surface area contributed by atoms with Gasteiger partial charge in [-0.2, -0.15) is 0 Å². The van der Waals surface area contributed by atoms with Crippen molar-refractivity contribution < 1.29 is 9.59 Å². The fourth-order valence-corrected chi connectivity index (χ4v) is 1.41. The maximum absolute atomic E-state index is 11.4. The van der Waals surface area contributed by atoms with Gasteiger partial charge >= 0.3 is 0 Å². The second kappa shape index (κ2) is 4.91. The van der Waals surface area contributed by atoms with Crippen LogP contribution in [0.15, 0.2) is 18.2 Å². The number of ketones is 2. The first-order valence-corrected chi connectivity index (χ1v) is 5.52. The number of carbonyl (C=O) groups excluding carboxylic acids is 2. The van der Waals surface area contributed by atoms with Crippen molar-refractivity contribution in [2.75, 3.05) is 5.33 Å². The van der Waals surface area contributed by atoms with Crippen molar-refractivity contribution >= 4 is 50.7 Å². The van der Waals surface area contributed by atoms with Crippen LogP contribution in [0, 0.1) is 0 Å². The highest BCUT2D eigenvalue weighted by Crippen LogP contribution is 2.22. The number of carbonyl (C=O) groups is 2. The quantitative estimate of drug-likeness (QED) is 0.488. The molecule has 0 aliphatic heterocycles. The van der Waals surface area contributed by atoms with E-state index in [4.69, 9.17) is 23.2 Å². The smallest absolute Gasteiger partial charge is 0.229 e. The zero-order valence-electron chi connectivity index (χ0n) is 6.89. The number of alkyl halides is 1. The van der Waals surface area contributed by atoms with E-state index in [-0.39, 0.29) is 15.9 Å². The van der Waals surface area contributed by atoms with Gasteiger partial charge in [-0.1, -0.05) is 39.1 Å². The summed E-state index contributed by atoms with van der Waals surface area (Å²) in [5, 5.41) is 0.626. The molecule has 0 fully saturated rings. The Morgan fingerprint density at radius 1 is 1.21 bits per heavy atom. The van der Waals surface area contributed by atoms with Gasteiger partial charge in [0, 0.05) is 5.56 Å². The SMILES string of the molecule is O=C(CBr)C(=O)c1ccc(Cl)c(Cl)c1. The Labute approximate surface area is 99.3 Å². The Kier molecular flexibility index (Phi) is 4.11. The average Bonchev–Trinajstić information content (AvgIpc) is 2.20. The summed E-state index contributed by atoms with van der Waals surface area (Å²) in [4.78, 5) is 22.4. The van der Waals surface area contributed by atoms with Crippen LogP contribution in [-0.2, 0) is 4.79 Å². The predicted molar refractivity (Wildman–Crippen MR) is 59.6 cm³/mol. The lowest BCUT2D eigenvalue weighted by Gasteiger charge is -1.99. The molecular weight excluding hydrogens is 291 g/mol. The second-order valence-electron chi connectivity index (χ2n) is 2.51. The van der Waals surface area contributed by atoms with E-state index >= 15 is 0 Å². The van der Waals surface area contributed by atoms with Crippen LogP contribution in [0.25, 0.3) is 0 Å². The molecule has 1 rings (SSSR count). The van der Waals surface area contributed by atoms with Crippen molar-refractivity contribution in [1.82, 2.24) is 0 Å². The molecule has 0 aliphatic rings. The van der Waals surface area contributed by atoms with Gasteiger partial charge in [-0.05, 0) is 18.2 Å². The van der Waals surface area contributed by atoms with E-state index in [1.54, 1.807) is 0 Å². The molecule has 0 saturated carbocycles. The van der Waals surface area contributed by atoms with Gasteiger partial charge in [-0.25, -0.2) is 0 Å². The van der Waals surface area contributed by atoms with Crippen LogP contribution in [0.2, 0.25) is 10.0 Å². The van der Waals surface area contributed by atoms with Gasteiger partial charge in [0.1, 0.15) is 0 Å². The standard InChI is InChI=1S/C9H5BrCl2O2/c10-4-8(13)9(14)5-1-2-6(11)7(12)3-5/h1-3H,4H2. The Bertz CT molecular complexity index is 390. The summed E-state index contributed by atoms with van der Waals surface area (Å²) in [6, 6.07) is 4.34. The number of hydrogen-bond donors (Lipinski definition) is 0. The highest BCUT2D eigenvalue weighted by Gasteiger charge is 2.15. The van der Waals surface area contributed by atoms with Gasteiger partial charge in [0.25, 0.3) is 0 Å². The van der Waals surface area contributed by atoms with Crippen molar-refractivity contribution in [2.45, 2.75) is 0 Å². The molecule has 74 valence electrons. The lowest BCUT2D eigenvalue weighted by Crippen LogP contribution is -2.14. The average molecular weight is 296 g/mol. The highest BCUT2D eigenvalue weighted by atomic mass is 79.9. The normalized spacial score (nSPS) is 9.93. The number of halogens is 3. The molecule has 1 aromatic carbocycles. The summed E-state index contributed by atoms with van der Waals surface area (Å²) in [5.41, 5.74) is 0.254. The molecule has 0 bridgehead atoms. The largest absolute Gasteiger partial charge is 0.290 e. The Balaban J connectivity index is 3.03. The minimum atomic E-state index is -0.569. The number of Topliss-reactive ketones (excluding diaryl/α,β-unsaturated/α-hetero) is 2. The number of benzene rings is 1.